The second-order valence-electron chi connectivity index (χ2n) is 8.18. The molecular weight excluding hydrogens is 444 g/mol. The molecule has 0 unspecified atom stereocenters. The Bertz CT molecular complexity index is 1010. The lowest BCUT2D eigenvalue weighted by atomic mass is 9.71. The summed E-state index contributed by atoms with van der Waals surface area (Å²) in [7, 11) is 0. The lowest BCUT2D eigenvalue weighted by Crippen LogP contribution is -2.25. The molecule has 0 fully saturated rings. The SMILES string of the molecule is CCC(=O)Oc1ccc(C(C)(c2ccc(OC(=O)CC)cc2)c2ccc(OC(=O)CC)cc2)cc1. The summed E-state index contributed by atoms with van der Waals surface area (Å²) in [4.78, 5) is 35.0. The Balaban J connectivity index is 2.02. The molecule has 0 aromatic heterocycles. The summed E-state index contributed by atoms with van der Waals surface area (Å²) < 4.78 is 16.0. The smallest absolute Gasteiger partial charge is 0.310 e. The lowest BCUT2D eigenvalue weighted by molar-refractivity contribution is -0.134. The predicted molar refractivity (Wildman–Crippen MR) is 133 cm³/mol. The van der Waals surface area contributed by atoms with Gasteiger partial charge in [-0.15, -0.1) is 0 Å². The van der Waals surface area contributed by atoms with Gasteiger partial charge in [0.1, 0.15) is 17.2 Å². The first-order valence-electron chi connectivity index (χ1n) is 11.7. The van der Waals surface area contributed by atoms with E-state index in [9.17, 15) is 14.4 Å². The van der Waals surface area contributed by atoms with Crippen LogP contribution in [0.5, 0.6) is 17.2 Å². The molecule has 0 radical (unpaired) electrons. The second kappa shape index (κ2) is 11.5. The van der Waals surface area contributed by atoms with Gasteiger partial charge in [0.2, 0.25) is 0 Å². The zero-order valence-electron chi connectivity index (χ0n) is 20.5. The Morgan fingerprint density at radius 3 is 0.943 bits per heavy atom. The Labute approximate surface area is 205 Å². The first-order valence-corrected chi connectivity index (χ1v) is 11.7. The van der Waals surface area contributed by atoms with E-state index in [1.54, 1.807) is 57.2 Å². The summed E-state index contributed by atoms with van der Waals surface area (Å²) in [6.45, 7) is 7.32. The highest BCUT2D eigenvalue weighted by Crippen LogP contribution is 2.40. The molecule has 0 aliphatic heterocycles. The van der Waals surface area contributed by atoms with Crippen LogP contribution in [0.15, 0.2) is 72.8 Å². The number of benzene rings is 3. The Morgan fingerprint density at radius 2 is 0.743 bits per heavy atom. The highest BCUT2D eigenvalue weighted by molar-refractivity contribution is 5.73. The van der Waals surface area contributed by atoms with Crippen LogP contribution in [0.4, 0.5) is 0 Å². The zero-order valence-corrected chi connectivity index (χ0v) is 20.5. The maximum Gasteiger partial charge on any atom is 0.310 e. The van der Waals surface area contributed by atoms with Gasteiger partial charge in [-0.25, -0.2) is 0 Å². The highest BCUT2D eigenvalue weighted by Gasteiger charge is 2.31. The van der Waals surface area contributed by atoms with Gasteiger partial charge in [0.25, 0.3) is 0 Å². The summed E-state index contributed by atoms with van der Waals surface area (Å²) in [6.07, 6.45) is 0.885. The van der Waals surface area contributed by atoms with Crippen molar-refractivity contribution in [2.45, 2.75) is 52.4 Å². The summed E-state index contributed by atoms with van der Waals surface area (Å²) in [6, 6.07) is 22.2. The van der Waals surface area contributed by atoms with E-state index in [0.29, 0.717) is 36.5 Å². The topological polar surface area (TPSA) is 78.9 Å². The monoisotopic (exact) mass is 474 g/mol. The summed E-state index contributed by atoms with van der Waals surface area (Å²) in [5, 5.41) is 0. The van der Waals surface area contributed by atoms with Crippen molar-refractivity contribution in [2.75, 3.05) is 0 Å². The van der Waals surface area contributed by atoms with Gasteiger partial charge in [0, 0.05) is 24.7 Å². The van der Waals surface area contributed by atoms with Crippen molar-refractivity contribution in [3.8, 4) is 17.2 Å². The van der Waals surface area contributed by atoms with Gasteiger partial charge in [-0.05, 0) is 60.0 Å². The fourth-order valence-corrected chi connectivity index (χ4v) is 3.68. The van der Waals surface area contributed by atoms with E-state index < -0.39 is 5.41 Å². The average Bonchev–Trinajstić information content (AvgIpc) is 2.89. The molecule has 6 nitrogen and oxygen atoms in total. The van der Waals surface area contributed by atoms with Crippen molar-refractivity contribution in [1.29, 1.82) is 0 Å². The highest BCUT2D eigenvalue weighted by atomic mass is 16.5. The largest absolute Gasteiger partial charge is 0.427 e. The van der Waals surface area contributed by atoms with Crippen LogP contribution in [0.2, 0.25) is 0 Å². The molecule has 0 saturated heterocycles. The van der Waals surface area contributed by atoms with E-state index in [4.69, 9.17) is 14.2 Å². The molecular formula is C29H30O6. The molecule has 0 bridgehead atoms. The average molecular weight is 475 g/mol. The molecule has 6 heteroatoms. The van der Waals surface area contributed by atoms with Gasteiger partial charge < -0.3 is 14.2 Å². The second-order valence-corrected chi connectivity index (χ2v) is 8.18. The van der Waals surface area contributed by atoms with Crippen LogP contribution in [0.25, 0.3) is 0 Å². The molecule has 0 N–H and O–H groups in total. The third-order valence-corrected chi connectivity index (χ3v) is 5.86. The molecule has 0 aliphatic carbocycles. The van der Waals surface area contributed by atoms with Crippen LogP contribution in [0, 0.1) is 0 Å². The molecule has 182 valence electrons. The van der Waals surface area contributed by atoms with Crippen LogP contribution in [-0.4, -0.2) is 17.9 Å². The minimum atomic E-state index is -0.603. The fourth-order valence-electron chi connectivity index (χ4n) is 3.68. The third kappa shape index (κ3) is 6.15. The van der Waals surface area contributed by atoms with E-state index in [-0.39, 0.29) is 17.9 Å². The van der Waals surface area contributed by atoms with Crippen molar-refractivity contribution in [1.82, 2.24) is 0 Å². The minimum absolute atomic E-state index is 0.295. The van der Waals surface area contributed by atoms with E-state index in [1.165, 1.54) is 0 Å². The van der Waals surface area contributed by atoms with E-state index in [2.05, 4.69) is 6.92 Å². The number of carbonyl (C=O) groups excluding carboxylic acids is 3. The van der Waals surface area contributed by atoms with Gasteiger partial charge >= 0.3 is 17.9 Å². The van der Waals surface area contributed by atoms with Crippen LogP contribution in [0.3, 0.4) is 0 Å². The quantitative estimate of drug-likeness (QED) is 0.215. The van der Waals surface area contributed by atoms with Crippen LogP contribution in [0.1, 0.15) is 63.6 Å². The van der Waals surface area contributed by atoms with Gasteiger partial charge in [0.05, 0.1) is 0 Å². The van der Waals surface area contributed by atoms with Crippen molar-refractivity contribution < 1.29 is 28.6 Å². The molecule has 0 atom stereocenters. The van der Waals surface area contributed by atoms with Crippen molar-refractivity contribution in [2.24, 2.45) is 0 Å². The van der Waals surface area contributed by atoms with E-state index >= 15 is 0 Å². The maximum atomic E-state index is 11.7. The molecule has 3 aromatic carbocycles. The molecule has 35 heavy (non-hydrogen) atoms. The van der Waals surface area contributed by atoms with Crippen LogP contribution in [-0.2, 0) is 19.8 Å². The number of rotatable bonds is 9. The number of ether oxygens (including phenoxy) is 3. The first kappa shape index (κ1) is 25.7. The van der Waals surface area contributed by atoms with Gasteiger partial charge in [-0.1, -0.05) is 57.2 Å². The molecule has 3 rings (SSSR count). The summed E-state index contributed by atoms with van der Waals surface area (Å²) >= 11 is 0. The number of esters is 3. The van der Waals surface area contributed by atoms with Gasteiger partial charge in [0.15, 0.2) is 0 Å². The summed E-state index contributed by atoms with van der Waals surface area (Å²) in [5.74, 6) is 0.546. The Kier molecular flexibility index (Phi) is 8.42. The zero-order chi connectivity index (χ0) is 25.4. The Hall–Kier alpha value is -3.93. The molecule has 0 spiro atoms. The molecule has 0 amide bonds. The van der Waals surface area contributed by atoms with Crippen molar-refractivity contribution in [3.05, 3.63) is 89.5 Å². The number of hydrogen-bond acceptors (Lipinski definition) is 6. The van der Waals surface area contributed by atoms with Gasteiger partial charge in [-0.2, -0.15) is 0 Å². The molecule has 0 heterocycles. The molecule has 0 saturated carbocycles. The Morgan fingerprint density at radius 1 is 0.514 bits per heavy atom. The normalized spacial score (nSPS) is 11.0. The third-order valence-electron chi connectivity index (χ3n) is 5.86. The van der Waals surface area contributed by atoms with E-state index in [1.807, 2.05) is 36.4 Å². The molecule has 3 aromatic rings. The molecule has 0 aliphatic rings. The van der Waals surface area contributed by atoms with Crippen molar-refractivity contribution >= 4 is 17.9 Å². The van der Waals surface area contributed by atoms with E-state index in [0.717, 1.165) is 16.7 Å². The number of hydrogen-bond donors (Lipinski definition) is 0. The van der Waals surface area contributed by atoms with Gasteiger partial charge in [-0.3, -0.25) is 14.4 Å². The standard InChI is InChI=1S/C29H30O6/c1-5-26(30)33-23-14-8-20(9-15-23)29(4,21-10-16-24(17-11-21)34-27(31)6-2)22-12-18-25(19-13-22)35-28(32)7-3/h8-19H,5-7H2,1-4H3. The van der Waals surface area contributed by atoms with Crippen molar-refractivity contribution in [3.63, 3.8) is 0 Å². The first-order chi connectivity index (χ1) is 16.8. The number of carbonyl (C=O) groups is 3. The summed E-state index contributed by atoms with van der Waals surface area (Å²) in [5.41, 5.74) is 2.29. The predicted octanol–water partition coefficient (Wildman–Crippen LogP) is 5.99. The minimum Gasteiger partial charge on any atom is -0.427 e. The maximum absolute atomic E-state index is 11.7. The van der Waals surface area contributed by atoms with Crippen LogP contribution < -0.4 is 14.2 Å². The lowest BCUT2D eigenvalue weighted by Gasteiger charge is -2.32. The fraction of sp³-hybridized carbons (Fsp3) is 0.276. The van der Waals surface area contributed by atoms with Crippen LogP contribution >= 0.6 is 0 Å².